The lowest BCUT2D eigenvalue weighted by Gasteiger charge is -2.40. The molecule has 0 saturated carbocycles. The zero-order valence-corrected chi connectivity index (χ0v) is 37.9. The Morgan fingerprint density at radius 1 is 0.610 bits per heavy atom. The van der Waals surface area contributed by atoms with Crippen LogP contribution in [0.5, 0.6) is 0 Å². The van der Waals surface area contributed by atoms with E-state index < -0.39 is 74.2 Å². The minimum Gasteiger partial charge on any atom is -0.394 e. The molecule has 11 heteroatoms. The van der Waals surface area contributed by atoms with E-state index >= 15 is 0 Å². The Kier molecular flexibility index (Phi) is 35.4. The van der Waals surface area contributed by atoms with Gasteiger partial charge in [-0.15, -0.1) is 0 Å². The number of carbonyl (C=O) groups excluding carboxylic acids is 1. The van der Waals surface area contributed by atoms with E-state index in [-0.39, 0.29) is 6.42 Å². The van der Waals surface area contributed by atoms with Crippen molar-refractivity contribution >= 4 is 5.91 Å². The predicted octanol–water partition coefficient (Wildman–Crippen LogP) is 8.31. The molecule has 0 aromatic carbocycles. The van der Waals surface area contributed by atoms with Crippen molar-refractivity contribution in [3.05, 3.63) is 12.2 Å². The monoisotopic (exact) mass is 844 g/mol. The standard InChI is InChI=1S/C48H93NO10/c1-4-5-6-7-8-9-10-11-12-13-14-15-16-17-18-19-22-26-29-32-35-41(52)47(57)49-39(37-58-48-46(56)45(55)44(54)42(36-50)59-48)43(53)40(51)34-31-28-25-23-20-21-24-27-30-33-38(2)3/h11-12,38-46,48,50-56H,4-10,13-37H2,1-3H3,(H,49,57). The first-order valence-corrected chi connectivity index (χ1v) is 24.4. The third kappa shape index (κ3) is 28.2. The van der Waals surface area contributed by atoms with Crippen molar-refractivity contribution in [1.82, 2.24) is 5.32 Å². The second-order valence-electron chi connectivity index (χ2n) is 18.0. The van der Waals surface area contributed by atoms with E-state index in [2.05, 4.69) is 38.2 Å². The van der Waals surface area contributed by atoms with Gasteiger partial charge in [0, 0.05) is 0 Å². The van der Waals surface area contributed by atoms with Crippen LogP contribution >= 0.6 is 0 Å². The molecule has 0 aliphatic carbocycles. The van der Waals surface area contributed by atoms with Gasteiger partial charge in [0.05, 0.1) is 25.4 Å². The van der Waals surface area contributed by atoms with Gasteiger partial charge in [0.25, 0.3) is 0 Å². The Morgan fingerprint density at radius 2 is 1.05 bits per heavy atom. The van der Waals surface area contributed by atoms with E-state index in [1.54, 1.807) is 0 Å². The van der Waals surface area contributed by atoms with Crippen LogP contribution in [0.25, 0.3) is 0 Å². The summed E-state index contributed by atoms with van der Waals surface area (Å²) in [5.41, 5.74) is 0. The molecule has 11 nitrogen and oxygen atoms in total. The number of aliphatic hydroxyl groups excluding tert-OH is 7. The van der Waals surface area contributed by atoms with Gasteiger partial charge in [-0.25, -0.2) is 0 Å². The van der Waals surface area contributed by atoms with Crippen molar-refractivity contribution < 1.29 is 50.0 Å². The molecule has 1 amide bonds. The van der Waals surface area contributed by atoms with Crippen LogP contribution < -0.4 is 5.32 Å². The average molecular weight is 844 g/mol. The van der Waals surface area contributed by atoms with Gasteiger partial charge in [0.1, 0.15) is 36.6 Å². The number of aliphatic hydroxyl groups is 7. The molecule has 59 heavy (non-hydrogen) atoms. The van der Waals surface area contributed by atoms with Gasteiger partial charge >= 0.3 is 0 Å². The zero-order valence-electron chi connectivity index (χ0n) is 37.9. The van der Waals surface area contributed by atoms with E-state index in [1.165, 1.54) is 128 Å². The first-order chi connectivity index (χ1) is 28.5. The Hall–Kier alpha value is -1.15. The number of ether oxygens (including phenoxy) is 2. The van der Waals surface area contributed by atoms with Gasteiger partial charge in [-0.2, -0.15) is 0 Å². The van der Waals surface area contributed by atoms with Crippen molar-refractivity contribution in [2.24, 2.45) is 5.92 Å². The smallest absolute Gasteiger partial charge is 0.249 e. The molecule has 9 unspecified atom stereocenters. The number of allylic oxidation sites excluding steroid dienone is 2. The van der Waals surface area contributed by atoms with Crippen molar-refractivity contribution in [3.8, 4) is 0 Å². The second-order valence-corrected chi connectivity index (χ2v) is 18.0. The van der Waals surface area contributed by atoms with Crippen molar-refractivity contribution in [2.45, 2.75) is 268 Å². The molecular weight excluding hydrogens is 751 g/mol. The number of hydrogen-bond acceptors (Lipinski definition) is 10. The van der Waals surface area contributed by atoms with Gasteiger partial charge in [-0.05, 0) is 44.4 Å². The Balaban J connectivity index is 2.39. The van der Waals surface area contributed by atoms with Crippen LogP contribution in [-0.2, 0) is 14.3 Å². The fourth-order valence-electron chi connectivity index (χ4n) is 7.91. The molecule has 1 saturated heterocycles. The highest BCUT2D eigenvalue weighted by atomic mass is 16.7. The first-order valence-electron chi connectivity index (χ1n) is 24.4. The van der Waals surface area contributed by atoms with Crippen molar-refractivity contribution in [2.75, 3.05) is 13.2 Å². The molecule has 8 N–H and O–H groups in total. The number of amides is 1. The summed E-state index contributed by atoms with van der Waals surface area (Å²) in [5, 5.41) is 75.7. The number of hydrogen-bond donors (Lipinski definition) is 8. The largest absolute Gasteiger partial charge is 0.394 e. The fraction of sp³-hybridized carbons (Fsp3) is 0.938. The number of carbonyl (C=O) groups is 1. The molecule has 0 aromatic heterocycles. The lowest BCUT2D eigenvalue weighted by molar-refractivity contribution is -0.303. The highest BCUT2D eigenvalue weighted by Gasteiger charge is 2.44. The summed E-state index contributed by atoms with van der Waals surface area (Å²) in [5.74, 6) is 0.0649. The minimum absolute atomic E-state index is 0.260. The lowest BCUT2D eigenvalue weighted by atomic mass is 9.98. The molecule has 1 heterocycles. The average Bonchev–Trinajstić information content (AvgIpc) is 3.22. The normalized spacial score (nSPS) is 21.9. The van der Waals surface area contributed by atoms with Gasteiger partial charge < -0.3 is 50.5 Å². The summed E-state index contributed by atoms with van der Waals surface area (Å²) in [6, 6.07) is -1.17. The summed E-state index contributed by atoms with van der Waals surface area (Å²) in [6.45, 7) is 5.73. The van der Waals surface area contributed by atoms with Crippen molar-refractivity contribution in [3.63, 3.8) is 0 Å². The van der Waals surface area contributed by atoms with Crippen LogP contribution in [-0.4, -0.2) is 110 Å². The highest BCUT2D eigenvalue weighted by molar-refractivity contribution is 5.80. The molecule has 0 radical (unpaired) electrons. The number of rotatable bonds is 40. The molecule has 0 bridgehead atoms. The highest BCUT2D eigenvalue weighted by Crippen LogP contribution is 2.23. The first kappa shape index (κ1) is 55.9. The summed E-state index contributed by atoms with van der Waals surface area (Å²) in [6.07, 6.45) is 27.0. The SMILES string of the molecule is CCCCCCCCC=CCCCCCCCCCCCCC(O)C(=O)NC(COC1OC(CO)C(O)C(O)C1O)C(O)C(O)CCCCCCCCCCCC(C)C. The summed E-state index contributed by atoms with van der Waals surface area (Å²) in [7, 11) is 0. The lowest BCUT2D eigenvalue weighted by Crippen LogP contribution is -2.60. The maximum absolute atomic E-state index is 13.1. The summed E-state index contributed by atoms with van der Waals surface area (Å²) < 4.78 is 11.1. The molecule has 1 fully saturated rings. The van der Waals surface area contributed by atoms with Crippen LogP contribution in [0.15, 0.2) is 12.2 Å². The van der Waals surface area contributed by atoms with E-state index in [1.807, 2.05) is 0 Å². The fourth-order valence-corrected chi connectivity index (χ4v) is 7.91. The minimum atomic E-state index is -1.66. The van der Waals surface area contributed by atoms with E-state index in [9.17, 15) is 40.5 Å². The molecule has 0 aromatic rings. The third-order valence-electron chi connectivity index (χ3n) is 12.0. The molecule has 1 aliphatic heterocycles. The van der Waals surface area contributed by atoms with Crippen LogP contribution in [0.3, 0.4) is 0 Å². The molecule has 0 spiro atoms. The zero-order chi connectivity index (χ0) is 43.5. The number of nitrogens with one attached hydrogen (secondary N) is 1. The topological polar surface area (TPSA) is 189 Å². The van der Waals surface area contributed by atoms with Gasteiger partial charge in [-0.3, -0.25) is 4.79 Å². The van der Waals surface area contributed by atoms with E-state index in [0.717, 1.165) is 44.4 Å². The van der Waals surface area contributed by atoms with Crippen LogP contribution in [0.2, 0.25) is 0 Å². The molecular formula is C48H93NO10. The molecule has 1 aliphatic rings. The van der Waals surface area contributed by atoms with Crippen molar-refractivity contribution in [1.29, 1.82) is 0 Å². The molecule has 350 valence electrons. The Labute approximate surface area is 360 Å². The van der Waals surface area contributed by atoms with E-state index in [4.69, 9.17) is 9.47 Å². The predicted molar refractivity (Wildman–Crippen MR) is 238 cm³/mol. The third-order valence-corrected chi connectivity index (χ3v) is 12.0. The Bertz CT molecular complexity index is 983. The van der Waals surface area contributed by atoms with Crippen LogP contribution in [0.4, 0.5) is 0 Å². The van der Waals surface area contributed by atoms with Crippen LogP contribution in [0.1, 0.15) is 213 Å². The maximum Gasteiger partial charge on any atom is 0.249 e. The van der Waals surface area contributed by atoms with E-state index in [0.29, 0.717) is 19.3 Å². The summed E-state index contributed by atoms with van der Waals surface area (Å²) >= 11 is 0. The van der Waals surface area contributed by atoms with Crippen LogP contribution in [0, 0.1) is 5.92 Å². The van der Waals surface area contributed by atoms with Gasteiger partial charge in [0.15, 0.2) is 6.29 Å². The molecule has 9 atom stereocenters. The number of unbranched alkanes of at least 4 members (excludes halogenated alkanes) is 24. The maximum atomic E-state index is 13.1. The quantitative estimate of drug-likeness (QED) is 0.0220. The molecule has 1 rings (SSSR count). The van der Waals surface area contributed by atoms with Gasteiger partial charge in [0.2, 0.25) is 5.91 Å². The second kappa shape index (κ2) is 37.4. The summed E-state index contributed by atoms with van der Waals surface area (Å²) in [4.78, 5) is 13.1. The van der Waals surface area contributed by atoms with Gasteiger partial charge in [-0.1, -0.05) is 187 Å². The Morgan fingerprint density at radius 3 is 1.53 bits per heavy atom.